The molecule has 0 atom stereocenters. The summed E-state index contributed by atoms with van der Waals surface area (Å²) in [6.45, 7) is 3.55. The van der Waals surface area contributed by atoms with Crippen molar-refractivity contribution in [3.63, 3.8) is 0 Å². The third-order valence-corrected chi connectivity index (χ3v) is 8.64. The summed E-state index contributed by atoms with van der Waals surface area (Å²) in [5.74, 6) is 0. The van der Waals surface area contributed by atoms with Crippen LogP contribution in [0, 0.1) is 0 Å². The maximum Gasteiger partial charge on any atom is 0.413 e. The molecular weight excluding hydrogens is 256 g/mol. The summed E-state index contributed by atoms with van der Waals surface area (Å²) < 4.78 is 20.9. The van der Waals surface area contributed by atoms with Crippen LogP contribution in [0.4, 0.5) is 0 Å². The van der Waals surface area contributed by atoms with E-state index in [0.717, 1.165) is 0 Å². The van der Waals surface area contributed by atoms with E-state index in [9.17, 15) is 0 Å². The van der Waals surface area contributed by atoms with Crippen molar-refractivity contribution < 1.29 is 26.7 Å². The van der Waals surface area contributed by atoms with E-state index in [1.54, 1.807) is 0 Å². The molecule has 0 aliphatic carbocycles. The minimum absolute atomic E-state index is 0.154. The van der Waals surface area contributed by atoms with Crippen LogP contribution in [0.1, 0.15) is 0 Å². The molecule has 77 valence electrons. The second-order valence-electron chi connectivity index (χ2n) is 2.28. The van der Waals surface area contributed by atoms with E-state index in [0.29, 0.717) is 0 Å². The fourth-order valence-electron chi connectivity index (χ4n) is 0.594. The number of hydrogen-bond acceptors (Lipinski definition) is 6. The zero-order chi connectivity index (χ0) is 10.4. The molecule has 6 nitrogen and oxygen atoms in total. The summed E-state index contributed by atoms with van der Waals surface area (Å²) in [4.78, 5) is 0. The minimum Gasteiger partial charge on any atom is -0.412 e. The van der Waals surface area contributed by atoms with E-state index in [1.165, 1.54) is 5.70 Å². The van der Waals surface area contributed by atoms with Gasteiger partial charge in [0.2, 0.25) is 0 Å². The van der Waals surface area contributed by atoms with E-state index in [4.69, 9.17) is 26.7 Å². The Labute approximate surface area is 89.7 Å². The van der Waals surface area contributed by atoms with E-state index < -0.39 is 17.8 Å². The van der Waals surface area contributed by atoms with Gasteiger partial charge < -0.3 is 26.7 Å². The van der Waals surface area contributed by atoms with Crippen molar-refractivity contribution in [2.45, 2.75) is 0 Å². The number of aliphatic hydroxyl groups is 2. The predicted octanol–water partition coefficient (Wildman–Crippen LogP) is -2.15. The van der Waals surface area contributed by atoms with Crippen LogP contribution in [-0.2, 0) is 16.5 Å². The van der Waals surface area contributed by atoms with Crippen LogP contribution in [-0.4, -0.2) is 60.5 Å². The molecule has 2 N–H and O–H groups in total. The summed E-state index contributed by atoms with van der Waals surface area (Å²) in [5.41, 5.74) is 1.48. The van der Waals surface area contributed by atoms with Gasteiger partial charge in [-0.3, -0.25) is 0 Å². The SMILES string of the molecule is C=C[Si]1(CO)O[Si]O[Si](CO)O[Si]O1. The summed E-state index contributed by atoms with van der Waals surface area (Å²) in [6.07, 6.45) is -0.371. The summed E-state index contributed by atoms with van der Waals surface area (Å²) >= 11 is 0. The average molecular weight is 265 g/mol. The maximum atomic E-state index is 9.08. The molecule has 1 rings (SSSR count). The average Bonchev–Trinajstić information content (AvgIpc) is 2.19. The highest BCUT2D eigenvalue weighted by Crippen LogP contribution is 2.09. The van der Waals surface area contributed by atoms with E-state index in [1.807, 2.05) is 0 Å². The Hall–Kier alpha value is 0.368. The minimum atomic E-state index is -2.73. The van der Waals surface area contributed by atoms with Gasteiger partial charge in [0.05, 0.1) is 12.5 Å². The van der Waals surface area contributed by atoms with Crippen molar-refractivity contribution in [1.29, 1.82) is 0 Å². The molecule has 1 saturated heterocycles. The molecule has 0 aromatic heterocycles. The molecule has 1 fully saturated rings. The normalized spacial score (nSPS) is 23.9. The zero-order valence-corrected chi connectivity index (χ0v) is 11.2. The molecule has 10 heteroatoms. The van der Waals surface area contributed by atoms with Crippen molar-refractivity contribution in [3.05, 3.63) is 12.3 Å². The Morgan fingerprint density at radius 1 is 1.29 bits per heavy atom. The quantitative estimate of drug-likeness (QED) is 0.567. The lowest BCUT2D eigenvalue weighted by Crippen LogP contribution is -2.51. The largest absolute Gasteiger partial charge is 0.413 e. The van der Waals surface area contributed by atoms with Crippen LogP contribution in [0.5, 0.6) is 0 Å². The van der Waals surface area contributed by atoms with Gasteiger partial charge in [0.25, 0.3) is 0 Å². The first kappa shape index (κ1) is 12.4. The molecule has 0 amide bonds. The van der Waals surface area contributed by atoms with E-state index >= 15 is 0 Å². The first-order valence-corrected chi connectivity index (χ1v) is 8.93. The molecule has 1 aliphatic heterocycles. The number of hydrogen-bond donors (Lipinski definition) is 2. The van der Waals surface area contributed by atoms with Crippen LogP contribution in [0.3, 0.4) is 0 Å². The van der Waals surface area contributed by atoms with Gasteiger partial charge >= 0.3 is 37.9 Å². The standard InChI is InChI=1S/C4H9O6Si4/c1-2-14(4-6)9-11-7-13(3-5)8-12-10-14/h2,5-6H,1,3-4H2. The Kier molecular flexibility index (Phi) is 5.38. The molecular formula is C4H9O6Si4. The summed E-state index contributed by atoms with van der Waals surface area (Å²) in [7, 11) is -4.98. The van der Waals surface area contributed by atoms with Crippen molar-refractivity contribution >= 4 is 37.9 Å². The smallest absolute Gasteiger partial charge is 0.412 e. The number of rotatable bonds is 3. The topological polar surface area (TPSA) is 77.4 Å². The fraction of sp³-hybridized carbons (Fsp3) is 0.500. The van der Waals surface area contributed by atoms with Crippen molar-refractivity contribution in [1.82, 2.24) is 0 Å². The van der Waals surface area contributed by atoms with Gasteiger partial charge in [-0.25, -0.2) is 0 Å². The van der Waals surface area contributed by atoms with Crippen LogP contribution in [0.2, 0.25) is 0 Å². The molecule has 14 heavy (non-hydrogen) atoms. The van der Waals surface area contributed by atoms with Crippen molar-refractivity contribution in [2.75, 3.05) is 12.5 Å². The Balaban J connectivity index is 2.50. The first-order chi connectivity index (χ1) is 6.76. The first-order valence-electron chi connectivity index (χ1n) is 3.67. The zero-order valence-electron chi connectivity index (χ0n) is 7.23. The Morgan fingerprint density at radius 3 is 2.21 bits per heavy atom. The van der Waals surface area contributed by atoms with Crippen LogP contribution < -0.4 is 0 Å². The van der Waals surface area contributed by atoms with Gasteiger partial charge in [-0.2, -0.15) is 0 Å². The monoisotopic (exact) mass is 265 g/mol. The van der Waals surface area contributed by atoms with Gasteiger partial charge in [-0.05, 0) is 5.70 Å². The third-order valence-electron chi connectivity index (χ3n) is 1.40. The van der Waals surface area contributed by atoms with Crippen LogP contribution in [0.15, 0.2) is 12.3 Å². The van der Waals surface area contributed by atoms with Gasteiger partial charge in [0.1, 0.15) is 0 Å². The third kappa shape index (κ3) is 3.19. The molecule has 0 bridgehead atoms. The molecule has 0 aromatic carbocycles. The molecule has 5 radical (unpaired) electrons. The summed E-state index contributed by atoms with van der Waals surface area (Å²) in [6, 6.07) is 0. The molecule has 0 unspecified atom stereocenters. The highest BCUT2D eigenvalue weighted by Gasteiger charge is 2.37. The van der Waals surface area contributed by atoms with E-state index in [2.05, 4.69) is 6.58 Å². The second kappa shape index (κ2) is 6.06. The van der Waals surface area contributed by atoms with Gasteiger partial charge in [0, 0.05) is 0 Å². The molecule has 0 aromatic rings. The fourth-order valence-corrected chi connectivity index (χ4v) is 6.46. The Bertz CT molecular complexity index is 181. The maximum absolute atomic E-state index is 9.08. The highest BCUT2D eigenvalue weighted by atomic mass is 28.5. The van der Waals surface area contributed by atoms with Gasteiger partial charge in [0.15, 0.2) is 0 Å². The number of aliphatic hydroxyl groups excluding tert-OH is 2. The van der Waals surface area contributed by atoms with Gasteiger partial charge in [-0.15, -0.1) is 6.58 Å². The highest BCUT2D eigenvalue weighted by molar-refractivity contribution is 6.80. The second-order valence-corrected chi connectivity index (χ2v) is 9.29. The van der Waals surface area contributed by atoms with Crippen LogP contribution in [0.25, 0.3) is 0 Å². The lowest BCUT2D eigenvalue weighted by Gasteiger charge is -2.28. The van der Waals surface area contributed by atoms with Crippen molar-refractivity contribution in [3.8, 4) is 0 Å². The Morgan fingerprint density at radius 2 is 1.86 bits per heavy atom. The lowest BCUT2D eigenvalue weighted by molar-refractivity contribution is 0.237. The predicted molar refractivity (Wildman–Crippen MR) is 51.7 cm³/mol. The lowest BCUT2D eigenvalue weighted by atomic mass is 11.3. The van der Waals surface area contributed by atoms with Crippen molar-refractivity contribution in [2.24, 2.45) is 0 Å². The van der Waals surface area contributed by atoms with E-state index in [-0.39, 0.29) is 32.5 Å². The van der Waals surface area contributed by atoms with Gasteiger partial charge in [-0.1, -0.05) is 0 Å². The summed E-state index contributed by atoms with van der Waals surface area (Å²) in [5, 5.41) is 17.9. The molecule has 0 saturated carbocycles. The molecule has 1 heterocycles. The molecule has 0 spiro atoms. The van der Waals surface area contributed by atoms with Crippen LogP contribution >= 0.6 is 0 Å². The molecule has 1 aliphatic rings.